The molecule has 4 rings (SSSR count). The number of rotatable bonds is 4. The predicted octanol–water partition coefficient (Wildman–Crippen LogP) is 4.22. The zero-order valence-corrected chi connectivity index (χ0v) is 16.9. The zero-order chi connectivity index (χ0) is 18.5. The summed E-state index contributed by atoms with van der Waals surface area (Å²) in [5.41, 5.74) is 2.90. The number of hydrogen-bond donors (Lipinski definition) is 0. The zero-order valence-electron chi connectivity index (χ0n) is 15.3. The van der Waals surface area contributed by atoms with Crippen LogP contribution in [0.2, 0.25) is 0 Å². The van der Waals surface area contributed by atoms with E-state index in [-0.39, 0.29) is 5.91 Å². The highest BCUT2D eigenvalue weighted by molar-refractivity contribution is 9.10. The van der Waals surface area contributed by atoms with Gasteiger partial charge in [0.25, 0.3) is 0 Å². The van der Waals surface area contributed by atoms with Gasteiger partial charge in [-0.3, -0.25) is 4.79 Å². The molecule has 0 bridgehead atoms. The lowest BCUT2D eigenvalue weighted by Crippen LogP contribution is -2.53. The van der Waals surface area contributed by atoms with Crippen molar-refractivity contribution in [1.29, 1.82) is 0 Å². The first-order valence-electron chi connectivity index (χ1n) is 8.91. The summed E-state index contributed by atoms with van der Waals surface area (Å²) in [5.74, 6) is 1.55. The summed E-state index contributed by atoms with van der Waals surface area (Å²) in [4.78, 5) is 17.3. The first-order chi connectivity index (χ1) is 12.4. The largest absolute Gasteiger partial charge is 0.497 e. The Morgan fingerprint density at radius 1 is 1.19 bits per heavy atom. The van der Waals surface area contributed by atoms with Gasteiger partial charge >= 0.3 is 0 Å². The predicted molar refractivity (Wildman–Crippen MR) is 108 cm³/mol. The second-order valence-corrected chi connectivity index (χ2v) is 8.59. The lowest BCUT2D eigenvalue weighted by atomic mass is 9.86. The Morgan fingerprint density at radius 2 is 1.96 bits per heavy atom. The highest BCUT2D eigenvalue weighted by Gasteiger charge is 2.45. The molecule has 1 amide bonds. The topological polar surface area (TPSA) is 32.8 Å². The molecule has 1 fully saturated rings. The molecule has 1 saturated heterocycles. The van der Waals surface area contributed by atoms with Crippen molar-refractivity contribution in [2.45, 2.75) is 19.3 Å². The molecule has 0 unspecified atom stereocenters. The Morgan fingerprint density at radius 3 is 2.69 bits per heavy atom. The van der Waals surface area contributed by atoms with Gasteiger partial charge in [0, 0.05) is 47.5 Å². The average Bonchev–Trinajstić information content (AvgIpc) is 2.77. The summed E-state index contributed by atoms with van der Waals surface area (Å²) in [6, 6.07) is 14.3. The second-order valence-electron chi connectivity index (χ2n) is 7.67. The number of carbonyl (C=O) groups excluding carboxylic acids is 1. The van der Waals surface area contributed by atoms with E-state index >= 15 is 0 Å². The lowest BCUT2D eigenvalue weighted by molar-refractivity contribution is -0.122. The van der Waals surface area contributed by atoms with Crippen LogP contribution in [0.1, 0.15) is 19.4 Å². The minimum absolute atomic E-state index is 0.199. The third kappa shape index (κ3) is 2.78. The number of anilines is 2. The van der Waals surface area contributed by atoms with Gasteiger partial charge in [0.2, 0.25) is 5.91 Å². The van der Waals surface area contributed by atoms with Crippen LogP contribution in [0.15, 0.2) is 46.9 Å². The minimum Gasteiger partial charge on any atom is -0.497 e. The van der Waals surface area contributed by atoms with Crippen LogP contribution in [-0.4, -0.2) is 32.7 Å². The van der Waals surface area contributed by atoms with E-state index in [4.69, 9.17) is 4.74 Å². The van der Waals surface area contributed by atoms with Crippen molar-refractivity contribution in [2.24, 2.45) is 5.92 Å². The summed E-state index contributed by atoms with van der Waals surface area (Å²) >= 11 is 3.54. The number of nitrogens with zero attached hydrogens (tertiary/aromatic N) is 2. The fourth-order valence-electron chi connectivity index (χ4n) is 3.96. The van der Waals surface area contributed by atoms with Crippen LogP contribution in [0, 0.1) is 5.92 Å². The molecular weight excluding hydrogens is 392 g/mol. The molecule has 26 heavy (non-hydrogen) atoms. The molecule has 0 aliphatic carbocycles. The lowest BCUT2D eigenvalue weighted by Gasteiger charge is -2.43. The number of ether oxygens (including phenoxy) is 1. The van der Waals surface area contributed by atoms with E-state index in [0.717, 1.165) is 41.1 Å². The second kappa shape index (κ2) is 6.31. The Balaban J connectivity index is 1.48. The number of amides is 1. The third-order valence-electron chi connectivity index (χ3n) is 5.52. The molecule has 0 saturated carbocycles. The van der Waals surface area contributed by atoms with E-state index in [0.29, 0.717) is 5.92 Å². The summed E-state index contributed by atoms with van der Waals surface area (Å²) in [7, 11) is 1.69. The maximum absolute atomic E-state index is 13.0. The van der Waals surface area contributed by atoms with E-state index in [9.17, 15) is 4.79 Å². The maximum Gasteiger partial charge on any atom is 0.237 e. The molecule has 2 aliphatic heterocycles. The van der Waals surface area contributed by atoms with Gasteiger partial charge in [0.15, 0.2) is 0 Å². The molecular formula is C21H23BrN2O2. The number of methoxy groups -OCH3 is 1. The Bertz CT molecular complexity index is 859. The molecule has 2 aromatic rings. The molecule has 4 nitrogen and oxygen atoms in total. The molecule has 0 radical (unpaired) electrons. The summed E-state index contributed by atoms with van der Waals surface area (Å²) in [6.07, 6.45) is 0. The van der Waals surface area contributed by atoms with Crippen LogP contribution < -0.4 is 14.5 Å². The van der Waals surface area contributed by atoms with E-state index < -0.39 is 5.41 Å². The van der Waals surface area contributed by atoms with Gasteiger partial charge in [-0.15, -0.1) is 0 Å². The molecule has 5 heteroatoms. The molecule has 2 aliphatic rings. The van der Waals surface area contributed by atoms with E-state index in [2.05, 4.69) is 45.1 Å². The summed E-state index contributed by atoms with van der Waals surface area (Å²) in [5, 5.41) is 0. The maximum atomic E-state index is 13.0. The van der Waals surface area contributed by atoms with Crippen molar-refractivity contribution >= 4 is 33.2 Å². The molecule has 136 valence electrons. The number of fused-ring (bicyclic) bond motifs is 1. The van der Waals surface area contributed by atoms with E-state index in [1.807, 2.05) is 36.9 Å². The smallest absolute Gasteiger partial charge is 0.237 e. The average molecular weight is 415 g/mol. The molecule has 2 aromatic carbocycles. The highest BCUT2D eigenvalue weighted by atomic mass is 79.9. The van der Waals surface area contributed by atoms with Gasteiger partial charge in [0.1, 0.15) is 5.75 Å². The van der Waals surface area contributed by atoms with Crippen molar-refractivity contribution in [1.82, 2.24) is 0 Å². The van der Waals surface area contributed by atoms with Gasteiger partial charge in [-0.2, -0.15) is 0 Å². The van der Waals surface area contributed by atoms with Crippen molar-refractivity contribution in [3.05, 3.63) is 52.5 Å². The van der Waals surface area contributed by atoms with E-state index in [1.54, 1.807) is 7.11 Å². The number of hydrogen-bond acceptors (Lipinski definition) is 3. The van der Waals surface area contributed by atoms with E-state index in [1.165, 1.54) is 5.69 Å². The summed E-state index contributed by atoms with van der Waals surface area (Å²) in [6.45, 7) is 6.73. The standard InChI is InChI=1S/C21H23BrN2O2/c1-21(2)18-8-7-15(22)9-19(18)24(20(21)25)13-14-11-23(12-14)16-5-4-6-17(10-16)26-3/h4-10,14H,11-13H2,1-3H3. The summed E-state index contributed by atoms with van der Waals surface area (Å²) < 4.78 is 6.32. The van der Waals surface area contributed by atoms with Gasteiger partial charge in [-0.05, 0) is 43.7 Å². The first kappa shape index (κ1) is 17.4. The Kier molecular flexibility index (Phi) is 4.22. The SMILES string of the molecule is COc1cccc(N2CC(CN3C(=O)C(C)(C)c4ccc(Br)cc43)C2)c1. The van der Waals surface area contributed by atoms with Crippen molar-refractivity contribution in [3.63, 3.8) is 0 Å². The van der Waals surface area contributed by atoms with Crippen LogP contribution in [0.5, 0.6) is 5.75 Å². The molecule has 0 aromatic heterocycles. The Hall–Kier alpha value is -2.01. The van der Waals surface area contributed by atoms with Gasteiger partial charge in [-0.25, -0.2) is 0 Å². The first-order valence-corrected chi connectivity index (χ1v) is 9.70. The van der Waals surface area contributed by atoms with Gasteiger partial charge in [-0.1, -0.05) is 28.1 Å². The van der Waals surface area contributed by atoms with Crippen LogP contribution in [0.4, 0.5) is 11.4 Å². The monoisotopic (exact) mass is 414 g/mol. The number of benzene rings is 2. The van der Waals surface area contributed by atoms with Gasteiger partial charge in [0.05, 0.1) is 12.5 Å². The van der Waals surface area contributed by atoms with Crippen molar-refractivity contribution in [3.8, 4) is 5.75 Å². The van der Waals surface area contributed by atoms with Crippen LogP contribution in [0.25, 0.3) is 0 Å². The van der Waals surface area contributed by atoms with Gasteiger partial charge < -0.3 is 14.5 Å². The highest BCUT2D eigenvalue weighted by Crippen LogP contribution is 2.43. The molecule has 2 heterocycles. The van der Waals surface area contributed by atoms with Crippen LogP contribution in [-0.2, 0) is 10.2 Å². The minimum atomic E-state index is -0.452. The fraction of sp³-hybridized carbons (Fsp3) is 0.381. The fourth-order valence-corrected chi connectivity index (χ4v) is 4.31. The number of halogens is 1. The molecule has 0 atom stereocenters. The number of carbonyl (C=O) groups is 1. The molecule has 0 N–H and O–H groups in total. The normalized spacial score (nSPS) is 18.7. The quantitative estimate of drug-likeness (QED) is 0.750. The Labute approximate surface area is 162 Å². The van der Waals surface area contributed by atoms with Crippen molar-refractivity contribution in [2.75, 3.05) is 36.5 Å². The molecule has 0 spiro atoms. The van der Waals surface area contributed by atoms with Crippen LogP contribution >= 0.6 is 15.9 Å². The van der Waals surface area contributed by atoms with Crippen molar-refractivity contribution < 1.29 is 9.53 Å². The van der Waals surface area contributed by atoms with Crippen LogP contribution in [0.3, 0.4) is 0 Å². The third-order valence-corrected chi connectivity index (χ3v) is 6.01.